The first kappa shape index (κ1) is 15.0. The van der Waals surface area contributed by atoms with E-state index < -0.39 is 9.84 Å². The highest BCUT2D eigenvalue weighted by atomic mass is 35.5. The van der Waals surface area contributed by atoms with E-state index in [0.29, 0.717) is 22.5 Å². The Morgan fingerprint density at radius 3 is 2.52 bits per heavy atom. The highest BCUT2D eigenvalue weighted by Gasteiger charge is 2.33. The average Bonchev–Trinajstić information content (AvgIpc) is 2.78. The maximum Gasteiger partial charge on any atom is 0.151 e. The molecule has 8 heteroatoms. The van der Waals surface area contributed by atoms with Crippen LogP contribution >= 0.6 is 11.6 Å². The van der Waals surface area contributed by atoms with Crippen LogP contribution in [0.4, 0.5) is 5.82 Å². The molecule has 6 nitrogen and oxygen atoms in total. The van der Waals surface area contributed by atoms with E-state index in [1.54, 1.807) is 6.07 Å². The summed E-state index contributed by atoms with van der Waals surface area (Å²) in [6, 6.07) is 1.97. The van der Waals surface area contributed by atoms with Gasteiger partial charge in [0.25, 0.3) is 0 Å². The third-order valence-corrected chi connectivity index (χ3v) is 6.10. The molecule has 116 valence electrons. The Balaban J connectivity index is 1.63. The van der Waals surface area contributed by atoms with Crippen LogP contribution < -0.4 is 4.90 Å². The number of piperazine rings is 1. The topological polar surface area (TPSA) is 66.4 Å². The summed E-state index contributed by atoms with van der Waals surface area (Å²) in [5.74, 6) is 2.16. The SMILES string of the molecule is Cc1nc(Cl)cc(N2CCN(C3CCS(=O)(=O)C3)CC2)n1. The second-order valence-electron chi connectivity index (χ2n) is 5.68. The van der Waals surface area contributed by atoms with Crippen molar-refractivity contribution >= 4 is 27.3 Å². The normalized spacial score (nSPS) is 26.2. The Morgan fingerprint density at radius 1 is 1.24 bits per heavy atom. The molecule has 1 aromatic rings. The summed E-state index contributed by atoms with van der Waals surface area (Å²) in [7, 11) is -2.82. The van der Waals surface area contributed by atoms with Gasteiger partial charge in [-0.1, -0.05) is 11.6 Å². The van der Waals surface area contributed by atoms with Crippen molar-refractivity contribution in [2.75, 3.05) is 42.6 Å². The number of rotatable bonds is 2. The fourth-order valence-electron chi connectivity index (χ4n) is 3.06. The van der Waals surface area contributed by atoms with Gasteiger partial charge in [0.15, 0.2) is 9.84 Å². The van der Waals surface area contributed by atoms with E-state index in [-0.39, 0.29) is 6.04 Å². The van der Waals surface area contributed by atoms with Crippen LogP contribution in [0.25, 0.3) is 0 Å². The summed E-state index contributed by atoms with van der Waals surface area (Å²) in [5, 5.41) is 0.460. The number of hydrogen-bond acceptors (Lipinski definition) is 6. The smallest absolute Gasteiger partial charge is 0.151 e. The van der Waals surface area contributed by atoms with Gasteiger partial charge in [-0.3, -0.25) is 4.90 Å². The van der Waals surface area contributed by atoms with E-state index in [2.05, 4.69) is 19.8 Å². The van der Waals surface area contributed by atoms with Gasteiger partial charge >= 0.3 is 0 Å². The number of hydrogen-bond donors (Lipinski definition) is 0. The fraction of sp³-hybridized carbons (Fsp3) is 0.692. The van der Waals surface area contributed by atoms with Crippen molar-refractivity contribution in [1.82, 2.24) is 14.9 Å². The molecule has 0 aliphatic carbocycles. The molecular formula is C13H19ClN4O2S. The zero-order chi connectivity index (χ0) is 15.0. The predicted molar refractivity (Wildman–Crippen MR) is 82.6 cm³/mol. The average molecular weight is 331 g/mol. The van der Waals surface area contributed by atoms with Crippen molar-refractivity contribution in [3.05, 3.63) is 17.0 Å². The second kappa shape index (κ2) is 5.70. The van der Waals surface area contributed by atoms with Gasteiger partial charge < -0.3 is 4.90 Å². The molecule has 0 N–H and O–H groups in total. The van der Waals surface area contributed by atoms with Crippen molar-refractivity contribution in [2.45, 2.75) is 19.4 Å². The molecule has 0 radical (unpaired) electrons. The molecule has 1 aromatic heterocycles. The minimum absolute atomic E-state index is 0.188. The third-order valence-electron chi connectivity index (χ3n) is 4.16. The number of aryl methyl sites for hydroxylation is 1. The summed E-state index contributed by atoms with van der Waals surface area (Å²) in [5.41, 5.74) is 0. The van der Waals surface area contributed by atoms with Gasteiger partial charge in [0.2, 0.25) is 0 Å². The maximum absolute atomic E-state index is 11.6. The number of sulfone groups is 1. The lowest BCUT2D eigenvalue weighted by molar-refractivity contribution is 0.200. The summed E-state index contributed by atoms with van der Waals surface area (Å²) in [6.45, 7) is 5.23. The molecule has 1 unspecified atom stereocenters. The molecular weight excluding hydrogens is 312 g/mol. The molecule has 2 saturated heterocycles. The van der Waals surface area contributed by atoms with Gasteiger partial charge in [-0.25, -0.2) is 18.4 Å². The molecule has 2 aliphatic heterocycles. The maximum atomic E-state index is 11.6. The van der Waals surface area contributed by atoms with Gasteiger partial charge in [-0.15, -0.1) is 0 Å². The highest BCUT2D eigenvalue weighted by Crippen LogP contribution is 2.22. The summed E-state index contributed by atoms with van der Waals surface area (Å²) < 4.78 is 23.2. The van der Waals surface area contributed by atoms with Crippen LogP contribution in [-0.4, -0.2) is 67.0 Å². The standard InChI is InChI=1S/C13H19ClN4O2S/c1-10-15-12(14)8-13(16-10)18-5-3-17(4-6-18)11-2-7-21(19,20)9-11/h8,11H,2-7,9H2,1H3. The number of halogens is 1. The van der Waals surface area contributed by atoms with Gasteiger partial charge in [0, 0.05) is 38.3 Å². The van der Waals surface area contributed by atoms with Gasteiger partial charge in [0.05, 0.1) is 11.5 Å². The Labute approximate surface area is 130 Å². The lowest BCUT2D eigenvalue weighted by atomic mass is 10.2. The van der Waals surface area contributed by atoms with Crippen LogP contribution in [0.3, 0.4) is 0 Å². The van der Waals surface area contributed by atoms with E-state index >= 15 is 0 Å². The van der Waals surface area contributed by atoms with E-state index in [4.69, 9.17) is 11.6 Å². The summed E-state index contributed by atoms with van der Waals surface area (Å²) >= 11 is 5.98. The van der Waals surface area contributed by atoms with Crippen LogP contribution in [-0.2, 0) is 9.84 Å². The Morgan fingerprint density at radius 2 is 1.95 bits per heavy atom. The van der Waals surface area contributed by atoms with E-state index in [1.165, 1.54) is 0 Å². The van der Waals surface area contributed by atoms with Crippen LogP contribution in [0.1, 0.15) is 12.2 Å². The molecule has 2 fully saturated rings. The number of anilines is 1. The first-order valence-electron chi connectivity index (χ1n) is 7.13. The van der Waals surface area contributed by atoms with Gasteiger partial charge in [-0.2, -0.15) is 0 Å². The predicted octanol–water partition coefficient (Wildman–Crippen LogP) is 0.748. The highest BCUT2D eigenvalue weighted by molar-refractivity contribution is 7.91. The minimum Gasteiger partial charge on any atom is -0.354 e. The Kier molecular flexibility index (Phi) is 4.07. The number of aromatic nitrogens is 2. The first-order chi connectivity index (χ1) is 9.93. The van der Waals surface area contributed by atoms with E-state index in [0.717, 1.165) is 38.4 Å². The quantitative estimate of drug-likeness (QED) is 0.745. The van der Waals surface area contributed by atoms with Crippen LogP contribution in [0.2, 0.25) is 5.15 Å². The van der Waals surface area contributed by atoms with Crippen LogP contribution in [0.15, 0.2) is 6.07 Å². The van der Waals surface area contributed by atoms with Gasteiger partial charge in [0.1, 0.15) is 16.8 Å². The first-order valence-corrected chi connectivity index (χ1v) is 9.33. The van der Waals surface area contributed by atoms with Crippen molar-refractivity contribution in [3.8, 4) is 0 Å². The molecule has 3 rings (SSSR count). The van der Waals surface area contributed by atoms with Crippen molar-refractivity contribution in [2.24, 2.45) is 0 Å². The molecule has 0 saturated carbocycles. The molecule has 0 bridgehead atoms. The van der Waals surface area contributed by atoms with E-state index in [1.807, 2.05) is 6.92 Å². The molecule has 0 spiro atoms. The molecule has 1 atom stereocenters. The fourth-order valence-corrected chi connectivity index (χ4v) is 5.04. The van der Waals surface area contributed by atoms with Crippen molar-refractivity contribution in [1.29, 1.82) is 0 Å². The lowest BCUT2D eigenvalue weighted by Crippen LogP contribution is -2.51. The van der Waals surface area contributed by atoms with Gasteiger partial charge in [-0.05, 0) is 13.3 Å². The molecule has 0 amide bonds. The monoisotopic (exact) mass is 330 g/mol. The molecule has 2 aliphatic rings. The lowest BCUT2D eigenvalue weighted by Gasteiger charge is -2.38. The van der Waals surface area contributed by atoms with Crippen molar-refractivity contribution in [3.63, 3.8) is 0 Å². The third kappa shape index (κ3) is 3.46. The zero-order valence-corrected chi connectivity index (χ0v) is 13.6. The second-order valence-corrected chi connectivity index (χ2v) is 8.29. The van der Waals surface area contributed by atoms with E-state index in [9.17, 15) is 8.42 Å². The van der Waals surface area contributed by atoms with Crippen LogP contribution in [0, 0.1) is 6.92 Å². The largest absolute Gasteiger partial charge is 0.354 e. The van der Waals surface area contributed by atoms with Crippen LogP contribution in [0.5, 0.6) is 0 Å². The zero-order valence-electron chi connectivity index (χ0n) is 12.0. The molecule has 0 aromatic carbocycles. The number of nitrogens with zero attached hydrogens (tertiary/aromatic N) is 4. The molecule has 21 heavy (non-hydrogen) atoms. The van der Waals surface area contributed by atoms with Crippen molar-refractivity contribution < 1.29 is 8.42 Å². The minimum atomic E-state index is -2.82. The Hall–Kier alpha value is -0.920. The Bertz CT molecular complexity index is 609. The summed E-state index contributed by atoms with van der Waals surface area (Å²) in [6.07, 6.45) is 0.765. The molecule has 3 heterocycles. The summed E-state index contributed by atoms with van der Waals surface area (Å²) in [4.78, 5) is 13.0.